The first-order chi connectivity index (χ1) is 15.7. The Morgan fingerprint density at radius 1 is 1.18 bits per heavy atom. The number of anilines is 1. The number of nitrogens with one attached hydrogen (secondary N) is 1. The number of hydrogen-bond donors (Lipinski definition) is 1. The number of thioether (sulfide) groups is 1. The van der Waals surface area contributed by atoms with Crippen molar-refractivity contribution in [3.05, 3.63) is 29.8 Å². The minimum Gasteiger partial charge on any atom is -0.351 e. The van der Waals surface area contributed by atoms with Crippen LogP contribution in [0.25, 0.3) is 0 Å². The van der Waals surface area contributed by atoms with E-state index in [9.17, 15) is 27.6 Å². The van der Waals surface area contributed by atoms with E-state index in [2.05, 4.69) is 15.2 Å². The zero-order chi connectivity index (χ0) is 24.0. The van der Waals surface area contributed by atoms with Crippen LogP contribution in [-0.4, -0.2) is 70.3 Å². The highest BCUT2D eigenvalue weighted by molar-refractivity contribution is 8.15. The Morgan fingerprint density at radius 2 is 1.85 bits per heavy atom. The number of piperidine rings is 1. The van der Waals surface area contributed by atoms with Crippen molar-refractivity contribution in [3.8, 4) is 0 Å². The van der Waals surface area contributed by atoms with E-state index < -0.39 is 23.9 Å². The molecule has 2 aliphatic heterocycles. The van der Waals surface area contributed by atoms with Crippen LogP contribution in [0.2, 0.25) is 0 Å². The SMILES string of the molecule is CCCN(CC(F)(F)F)C(=O)c1ccc(NC(=O)CC2SC(N3CCCCC3)=NC2=O)cc1. The predicted octanol–water partition coefficient (Wildman–Crippen LogP) is 3.91. The molecule has 1 fully saturated rings. The first-order valence-corrected chi connectivity index (χ1v) is 11.8. The van der Waals surface area contributed by atoms with Gasteiger partial charge in [-0.1, -0.05) is 18.7 Å². The number of nitrogens with zero attached hydrogens (tertiary/aromatic N) is 3. The Balaban J connectivity index is 1.53. The van der Waals surface area contributed by atoms with Gasteiger partial charge in [0.1, 0.15) is 11.8 Å². The maximum atomic E-state index is 12.8. The van der Waals surface area contributed by atoms with Crippen molar-refractivity contribution >= 4 is 40.3 Å². The van der Waals surface area contributed by atoms with Gasteiger partial charge in [-0.15, -0.1) is 0 Å². The minimum atomic E-state index is -4.48. The third kappa shape index (κ3) is 7.21. The molecule has 1 unspecified atom stereocenters. The quantitative estimate of drug-likeness (QED) is 0.635. The topological polar surface area (TPSA) is 82.1 Å². The summed E-state index contributed by atoms with van der Waals surface area (Å²) < 4.78 is 38.3. The van der Waals surface area contributed by atoms with Gasteiger partial charge in [-0.25, -0.2) is 0 Å². The summed E-state index contributed by atoms with van der Waals surface area (Å²) >= 11 is 1.31. The lowest BCUT2D eigenvalue weighted by molar-refractivity contribution is -0.140. The number of halogens is 3. The summed E-state index contributed by atoms with van der Waals surface area (Å²) in [6.07, 6.45) is -0.838. The highest BCUT2D eigenvalue weighted by Crippen LogP contribution is 2.29. The molecule has 3 amide bonds. The maximum Gasteiger partial charge on any atom is 0.406 e. The Hall–Kier alpha value is -2.56. The Labute approximate surface area is 194 Å². The molecule has 180 valence electrons. The molecule has 7 nitrogen and oxygen atoms in total. The third-order valence-electron chi connectivity index (χ3n) is 5.29. The van der Waals surface area contributed by atoms with Crippen molar-refractivity contribution in [2.75, 3.05) is 31.5 Å². The summed E-state index contributed by atoms with van der Waals surface area (Å²) in [5.41, 5.74) is 0.494. The van der Waals surface area contributed by atoms with Crippen LogP contribution in [-0.2, 0) is 9.59 Å². The van der Waals surface area contributed by atoms with Crippen LogP contribution >= 0.6 is 11.8 Å². The van der Waals surface area contributed by atoms with Crippen LogP contribution in [0, 0.1) is 0 Å². The molecule has 1 atom stereocenters. The summed E-state index contributed by atoms with van der Waals surface area (Å²) in [7, 11) is 0. The molecular formula is C22H27F3N4O3S. The molecule has 1 N–H and O–H groups in total. The summed E-state index contributed by atoms with van der Waals surface area (Å²) in [4.78, 5) is 44.0. The number of benzene rings is 1. The highest BCUT2D eigenvalue weighted by Gasteiger charge is 2.34. The van der Waals surface area contributed by atoms with Crippen LogP contribution in [0.15, 0.2) is 29.3 Å². The lowest BCUT2D eigenvalue weighted by Gasteiger charge is -2.27. The van der Waals surface area contributed by atoms with E-state index in [1.54, 1.807) is 6.92 Å². The molecular weight excluding hydrogens is 457 g/mol. The monoisotopic (exact) mass is 484 g/mol. The average molecular weight is 485 g/mol. The van der Waals surface area contributed by atoms with E-state index in [4.69, 9.17) is 0 Å². The van der Waals surface area contributed by atoms with E-state index in [-0.39, 0.29) is 30.3 Å². The number of alkyl halides is 3. The first kappa shape index (κ1) is 25.1. The standard InChI is InChI=1S/C22H27F3N4O3S/c1-2-10-29(14-22(23,24)25)20(32)15-6-8-16(9-7-15)26-18(30)13-17-19(31)27-21(33-17)28-11-4-3-5-12-28/h6-9,17H,2-5,10-14H2,1H3,(H,26,30). The van der Waals surface area contributed by atoms with Crippen molar-refractivity contribution in [1.29, 1.82) is 0 Å². The van der Waals surface area contributed by atoms with Crippen molar-refractivity contribution in [2.45, 2.75) is 50.5 Å². The number of carbonyl (C=O) groups is 3. The van der Waals surface area contributed by atoms with Gasteiger partial charge in [0.25, 0.3) is 11.8 Å². The second-order valence-corrected chi connectivity index (χ2v) is 9.23. The number of rotatable bonds is 7. The molecule has 0 saturated carbocycles. The number of aliphatic imine (C=N–C) groups is 1. The van der Waals surface area contributed by atoms with Crippen LogP contribution in [0.5, 0.6) is 0 Å². The van der Waals surface area contributed by atoms with E-state index in [1.807, 2.05) is 0 Å². The van der Waals surface area contributed by atoms with Gasteiger partial charge in [0.15, 0.2) is 5.17 Å². The van der Waals surface area contributed by atoms with Crippen LogP contribution in [0.1, 0.15) is 49.4 Å². The summed E-state index contributed by atoms with van der Waals surface area (Å²) in [5, 5.41) is 2.77. The normalized spacial score (nSPS) is 18.8. The molecule has 2 aliphatic rings. The average Bonchev–Trinajstić information content (AvgIpc) is 3.13. The van der Waals surface area contributed by atoms with Crippen LogP contribution in [0.3, 0.4) is 0 Å². The van der Waals surface area contributed by atoms with Crippen molar-refractivity contribution in [1.82, 2.24) is 9.80 Å². The molecule has 2 heterocycles. The van der Waals surface area contributed by atoms with Gasteiger partial charge >= 0.3 is 6.18 Å². The number of amides is 3. The van der Waals surface area contributed by atoms with Crippen molar-refractivity contribution in [2.24, 2.45) is 4.99 Å². The van der Waals surface area contributed by atoms with Crippen molar-refractivity contribution < 1.29 is 27.6 Å². The summed E-state index contributed by atoms with van der Waals surface area (Å²) in [5.74, 6) is -1.42. The molecule has 11 heteroatoms. The Morgan fingerprint density at radius 3 is 2.45 bits per heavy atom. The first-order valence-electron chi connectivity index (χ1n) is 11.0. The zero-order valence-electron chi connectivity index (χ0n) is 18.4. The van der Waals surface area contributed by atoms with E-state index in [0.29, 0.717) is 17.3 Å². The molecule has 3 rings (SSSR count). The Bertz CT molecular complexity index is 899. The summed E-state index contributed by atoms with van der Waals surface area (Å²) in [6.45, 7) is 2.10. The van der Waals surface area contributed by atoms with Gasteiger partial charge in [-0.2, -0.15) is 18.2 Å². The maximum absolute atomic E-state index is 12.8. The predicted molar refractivity (Wildman–Crippen MR) is 121 cm³/mol. The number of amidine groups is 1. The number of likely N-dealkylation sites (tertiary alicyclic amines) is 1. The van der Waals surface area contributed by atoms with Gasteiger partial charge in [0.2, 0.25) is 5.91 Å². The second-order valence-electron chi connectivity index (χ2n) is 8.06. The van der Waals surface area contributed by atoms with Gasteiger partial charge in [-0.3, -0.25) is 14.4 Å². The lowest BCUT2D eigenvalue weighted by atomic mass is 10.1. The second kappa shape index (κ2) is 11.0. The molecule has 1 saturated heterocycles. The van der Waals surface area contributed by atoms with Crippen LogP contribution in [0.4, 0.5) is 18.9 Å². The van der Waals surface area contributed by atoms with E-state index in [0.717, 1.165) is 37.3 Å². The molecule has 0 aliphatic carbocycles. The molecule has 33 heavy (non-hydrogen) atoms. The number of hydrogen-bond acceptors (Lipinski definition) is 5. The molecule has 1 aromatic carbocycles. The van der Waals surface area contributed by atoms with E-state index >= 15 is 0 Å². The molecule has 1 aromatic rings. The van der Waals surface area contributed by atoms with Gasteiger partial charge in [0.05, 0.1) is 0 Å². The molecule has 0 bridgehead atoms. The largest absolute Gasteiger partial charge is 0.406 e. The summed E-state index contributed by atoms with van der Waals surface area (Å²) in [6, 6.07) is 5.68. The van der Waals surface area contributed by atoms with Crippen molar-refractivity contribution in [3.63, 3.8) is 0 Å². The zero-order valence-corrected chi connectivity index (χ0v) is 19.2. The third-order valence-corrected chi connectivity index (χ3v) is 6.51. The molecule has 0 aromatic heterocycles. The smallest absolute Gasteiger partial charge is 0.351 e. The number of carbonyl (C=O) groups excluding carboxylic acids is 3. The van der Waals surface area contributed by atoms with Gasteiger partial charge in [-0.05, 0) is 49.9 Å². The van der Waals surface area contributed by atoms with Crippen LogP contribution < -0.4 is 5.32 Å². The molecule has 0 radical (unpaired) electrons. The van der Waals surface area contributed by atoms with Gasteiger partial charge in [0, 0.05) is 37.3 Å². The fourth-order valence-electron chi connectivity index (χ4n) is 3.73. The fourth-order valence-corrected chi connectivity index (χ4v) is 4.84. The lowest BCUT2D eigenvalue weighted by Crippen LogP contribution is -2.39. The molecule has 0 spiro atoms. The fraction of sp³-hybridized carbons (Fsp3) is 0.545. The minimum absolute atomic E-state index is 0.00853. The highest BCUT2D eigenvalue weighted by atomic mass is 32.2. The Kier molecular flexibility index (Phi) is 8.39. The van der Waals surface area contributed by atoms with Gasteiger partial charge < -0.3 is 15.1 Å². The van der Waals surface area contributed by atoms with E-state index in [1.165, 1.54) is 36.0 Å².